The second-order valence-electron chi connectivity index (χ2n) is 5.15. The zero-order valence-corrected chi connectivity index (χ0v) is 15.1. The molecule has 0 aliphatic rings. The van der Waals surface area contributed by atoms with Crippen LogP contribution in [-0.4, -0.2) is 32.5 Å². The van der Waals surface area contributed by atoms with Gasteiger partial charge in [-0.1, -0.05) is 29.3 Å². The summed E-state index contributed by atoms with van der Waals surface area (Å²) in [6.07, 6.45) is 0. The summed E-state index contributed by atoms with van der Waals surface area (Å²) in [6, 6.07) is 9.52. The number of ether oxygens (including phenoxy) is 1. The lowest BCUT2D eigenvalue weighted by Gasteiger charge is -2.07. The van der Waals surface area contributed by atoms with Gasteiger partial charge in [-0.2, -0.15) is 8.42 Å². The van der Waals surface area contributed by atoms with Crippen LogP contribution in [0.3, 0.4) is 0 Å². The maximum atomic E-state index is 12.0. The highest BCUT2D eigenvalue weighted by molar-refractivity contribution is 7.86. The second kappa shape index (κ2) is 8.26. The van der Waals surface area contributed by atoms with Crippen LogP contribution in [-0.2, 0) is 19.0 Å². The Labute approximate surface area is 154 Å². The fourth-order valence-corrected chi connectivity index (χ4v) is 2.99. The largest absolute Gasteiger partial charge is 0.460 e. The third-order valence-corrected chi connectivity index (χ3v) is 4.89. The molecule has 0 fully saturated rings. The molecule has 0 bridgehead atoms. The van der Waals surface area contributed by atoms with Crippen LogP contribution in [0.5, 0.6) is 0 Å². The minimum absolute atomic E-state index is 0.0113. The van der Waals surface area contributed by atoms with E-state index in [4.69, 9.17) is 20.5 Å². The molecular weight excluding hydrogens is 386 g/mol. The third kappa shape index (κ3) is 5.01. The smallest absolute Gasteiger partial charge is 0.338 e. The molecule has 0 saturated carbocycles. The standard InChI is InChI=1S/C16H14ClNO7S/c1-11-2-5-13(6-3-11)26(22,23)25-9-8-24-16(19)12-4-7-14(17)15(10-12)18(20)21/h2-7,10H,8-9H2,1H3. The summed E-state index contributed by atoms with van der Waals surface area (Å²) in [7, 11) is -3.96. The van der Waals surface area contributed by atoms with Crippen molar-refractivity contribution in [2.75, 3.05) is 13.2 Å². The Kier molecular flexibility index (Phi) is 6.30. The van der Waals surface area contributed by atoms with E-state index in [1.165, 1.54) is 24.3 Å². The van der Waals surface area contributed by atoms with Gasteiger partial charge in [0.1, 0.15) is 18.2 Å². The quantitative estimate of drug-likeness (QED) is 0.231. The average molecular weight is 400 g/mol. The van der Waals surface area contributed by atoms with Crippen LogP contribution >= 0.6 is 11.6 Å². The number of carbonyl (C=O) groups excluding carboxylic acids is 1. The first-order valence-electron chi connectivity index (χ1n) is 7.28. The van der Waals surface area contributed by atoms with Crippen molar-refractivity contribution in [3.8, 4) is 0 Å². The molecule has 26 heavy (non-hydrogen) atoms. The highest BCUT2D eigenvalue weighted by atomic mass is 35.5. The van der Waals surface area contributed by atoms with Gasteiger partial charge in [0.15, 0.2) is 0 Å². The number of hydrogen-bond acceptors (Lipinski definition) is 7. The first-order chi connectivity index (χ1) is 12.2. The van der Waals surface area contributed by atoms with Crippen molar-refractivity contribution in [1.29, 1.82) is 0 Å². The summed E-state index contributed by atoms with van der Waals surface area (Å²) in [5.74, 6) is -0.860. The highest BCUT2D eigenvalue weighted by Gasteiger charge is 2.18. The maximum absolute atomic E-state index is 12.0. The Morgan fingerprint density at radius 2 is 1.81 bits per heavy atom. The molecule has 0 unspecified atom stereocenters. The first-order valence-corrected chi connectivity index (χ1v) is 9.06. The Morgan fingerprint density at radius 1 is 1.15 bits per heavy atom. The number of rotatable bonds is 7. The van der Waals surface area contributed by atoms with Crippen molar-refractivity contribution in [2.45, 2.75) is 11.8 Å². The molecule has 0 atom stereocenters. The number of nitro benzene ring substituents is 1. The Balaban J connectivity index is 1.91. The van der Waals surface area contributed by atoms with Gasteiger partial charge in [0.25, 0.3) is 15.8 Å². The van der Waals surface area contributed by atoms with Crippen molar-refractivity contribution in [2.24, 2.45) is 0 Å². The van der Waals surface area contributed by atoms with Gasteiger partial charge in [-0.25, -0.2) is 4.79 Å². The van der Waals surface area contributed by atoms with E-state index in [9.17, 15) is 23.3 Å². The fourth-order valence-electron chi connectivity index (χ4n) is 1.91. The van der Waals surface area contributed by atoms with E-state index in [0.717, 1.165) is 11.6 Å². The Hall–Kier alpha value is -2.49. The van der Waals surface area contributed by atoms with Crippen LogP contribution in [0.25, 0.3) is 0 Å². The van der Waals surface area contributed by atoms with Crippen molar-refractivity contribution < 1.29 is 27.1 Å². The number of hydrogen-bond donors (Lipinski definition) is 0. The van der Waals surface area contributed by atoms with Crippen molar-refractivity contribution in [3.63, 3.8) is 0 Å². The van der Waals surface area contributed by atoms with Gasteiger partial charge in [-0.15, -0.1) is 0 Å². The third-order valence-electron chi connectivity index (χ3n) is 3.24. The molecule has 0 spiro atoms. The van der Waals surface area contributed by atoms with Crippen LogP contribution < -0.4 is 0 Å². The topological polar surface area (TPSA) is 113 Å². The summed E-state index contributed by atoms with van der Waals surface area (Å²) in [5, 5.41) is 10.7. The lowest BCUT2D eigenvalue weighted by molar-refractivity contribution is -0.384. The van der Waals surface area contributed by atoms with E-state index in [0.29, 0.717) is 0 Å². The molecule has 0 aliphatic carbocycles. The first kappa shape index (κ1) is 19.8. The minimum atomic E-state index is -3.96. The molecule has 0 N–H and O–H groups in total. The van der Waals surface area contributed by atoms with Crippen molar-refractivity contribution in [3.05, 3.63) is 68.7 Å². The Bertz CT molecular complexity index is 926. The number of carbonyl (C=O) groups is 1. The number of benzene rings is 2. The van der Waals surface area contributed by atoms with Crippen molar-refractivity contribution in [1.82, 2.24) is 0 Å². The molecule has 10 heteroatoms. The molecule has 0 aliphatic heterocycles. The van der Waals surface area contributed by atoms with Gasteiger partial charge in [0, 0.05) is 6.07 Å². The molecule has 138 valence electrons. The average Bonchev–Trinajstić information content (AvgIpc) is 2.59. The molecule has 2 aromatic carbocycles. The minimum Gasteiger partial charge on any atom is -0.460 e. The molecule has 2 rings (SSSR count). The SMILES string of the molecule is Cc1ccc(S(=O)(=O)OCCOC(=O)c2ccc(Cl)c([N+](=O)[O-])c2)cc1. The van der Waals surface area contributed by atoms with Gasteiger partial charge in [0.2, 0.25) is 0 Å². The normalized spacial score (nSPS) is 11.2. The monoisotopic (exact) mass is 399 g/mol. The van der Waals surface area contributed by atoms with Gasteiger partial charge in [-0.3, -0.25) is 14.3 Å². The molecule has 8 nitrogen and oxygen atoms in total. The van der Waals surface area contributed by atoms with Crippen LogP contribution in [0.4, 0.5) is 5.69 Å². The summed E-state index contributed by atoms with van der Waals surface area (Å²) >= 11 is 5.66. The number of esters is 1. The van der Waals surface area contributed by atoms with Crippen LogP contribution in [0, 0.1) is 17.0 Å². The number of nitro groups is 1. The van der Waals surface area contributed by atoms with Crippen LogP contribution in [0.1, 0.15) is 15.9 Å². The second-order valence-corrected chi connectivity index (χ2v) is 7.17. The van der Waals surface area contributed by atoms with E-state index in [2.05, 4.69) is 0 Å². The molecule has 0 radical (unpaired) electrons. The predicted molar refractivity (Wildman–Crippen MR) is 92.7 cm³/mol. The van der Waals surface area contributed by atoms with E-state index in [1.807, 2.05) is 6.92 Å². The molecule has 0 aromatic heterocycles. The fraction of sp³-hybridized carbons (Fsp3) is 0.188. The van der Waals surface area contributed by atoms with Crippen LogP contribution in [0.15, 0.2) is 47.4 Å². The van der Waals surface area contributed by atoms with Crippen LogP contribution in [0.2, 0.25) is 5.02 Å². The van der Waals surface area contributed by atoms with Gasteiger partial charge >= 0.3 is 5.97 Å². The summed E-state index contributed by atoms with van der Waals surface area (Å²) < 4.78 is 33.6. The van der Waals surface area contributed by atoms with Gasteiger partial charge in [-0.05, 0) is 31.2 Å². The molecule has 2 aromatic rings. The zero-order chi connectivity index (χ0) is 19.3. The predicted octanol–water partition coefficient (Wildman–Crippen LogP) is 3.12. The maximum Gasteiger partial charge on any atom is 0.338 e. The number of halogens is 1. The zero-order valence-electron chi connectivity index (χ0n) is 13.5. The highest BCUT2D eigenvalue weighted by Crippen LogP contribution is 2.25. The molecule has 0 heterocycles. The number of nitrogens with zero attached hydrogens (tertiary/aromatic N) is 1. The van der Waals surface area contributed by atoms with E-state index < -0.39 is 33.3 Å². The van der Waals surface area contributed by atoms with E-state index in [-0.39, 0.29) is 22.1 Å². The van der Waals surface area contributed by atoms with Gasteiger partial charge in [0.05, 0.1) is 15.4 Å². The summed E-state index contributed by atoms with van der Waals surface area (Å²) in [6.45, 7) is 1.08. The number of aryl methyl sites for hydroxylation is 1. The summed E-state index contributed by atoms with van der Waals surface area (Å²) in [5.41, 5.74) is 0.386. The van der Waals surface area contributed by atoms with Crippen molar-refractivity contribution >= 4 is 33.4 Å². The van der Waals surface area contributed by atoms with E-state index in [1.54, 1.807) is 12.1 Å². The lowest BCUT2D eigenvalue weighted by atomic mass is 10.2. The molecular formula is C16H14ClNO7S. The summed E-state index contributed by atoms with van der Waals surface area (Å²) in [4.78, 5) is 21.9. The molecule has 0 amide bonds. The lowest BCUT2D eigenvalue weighted by Crippen LogP contribution is -2.14. The van der Waals surface area contributed by atoms with E-state index >= 15 is 0 Å². The molecule has 0 saturated heterocycles. The Morgan fingerprint density at radius 3 is 2.42 bits per heavy atom. The van der Waals surface area contributed by atoms with Gasteiger partial charge < -0.3 is 4.74 Å².